The SMILES string of the molecule is CC(c1ccc(O)cc1)N(C)C(=O)CC(F)(F)F. The van der Waals surface area contributed by atoms with Gasteiger partial charge in [0.25, 0.3) is 0 Å². The van der Waals surface area contributed by atoms with Crippen LogP contribution in [-0.4, -0.2) is 29.1 Å². The lowest BCUT2D eigenvalue weighted by atomic mass is 10.1. The predicted molar refractivity (Wildman–Crippen MR) is 60.0 cm³/mol. The van der Waals surface area contributed by atoms with Crippen LogP contribution in [0.2, 0.25) is 0 Å². The molecule has 18 heavy (non-hydrogen) atoms. The van der Waals surface area contributed by atoms with E-state index in [2.05, 4.69) is 0 Å². The lowest BCUT2D eigenvalue weighted by Crippen LogP contribution is -2.33. The lowest BCUT2D eigenvalue weighted by molar-refractivity contribution is -0.161. The lowest BCUT2D eigenvalue weighted by Gasteiger charge is -2.25. The standard InChI is InChI=1S/C12H14F3NO2/c1-8(9-3-5-10(17)6-4-9)16(2)11(18)7-12(13,14)15/h3-6,8,17H,7H2,1-2H3. The van der Waals surface area contributed by atoms with E-state index in [0.29, 0.717) is 5.56 Å². The third kappa shape index (κ3) is 3.94. The van der Waals surface area contributed by atoms with Gasteiger partial charge in [-0.15, -0.1) is 0 Å². The summed E-state index contributed by atoms with van der Waals surface area (Å²) < 4.78 is 36.3. The van der Waals surface area contributed by atoms with Crippen molar-refractivity contribution in [3.05, 3.63) is 29.8 Å². The Morgan fingerprint density at radius 1 is 1.33 bits per heavy atom. The molecule has 0 aromatic heterocycles. The second-order valence-electron chi connectivity index (χ2n) is 4.06. The average Bonchev–Trinajstić information content (AvgIpc) is 2.26. The number of hydrogen-bond acceptors (Lipinski definition) is 2. The number of rotatable bonds is 3. The molecule has 100 valence electrons. The van der Waals surface area contributed by atoms with Crippen molar-refractivity contribution in [3.63, 3.8) is 0 Å². The first-order valence-corrected chi connectivity index (χ1v) is 5.32. The molecule has 1 unspecified atom stereocenters. The molecule has 0 radical (unpaired) electrons. The van der Waals surface area contributed by atoms with Crippen LogP contribution in [0, 0.1) is 0 Å². The summed E-state index contributed by atoms with van der Waals surface area (Å²) in [6, 6.07) is 5.50. The van der Waals surface area contributed by atoms with E-state index in [9.17, 15) is 18.0 Å². The van der Waals surface area contributed by atoms with Gasteiger partial charge < -0.3 is 10.0 Å². The number of halogens is 3. The third-order valence-corrected chi connectivity index (χ3v) is 2.70. The van der Waals surface area contributed by atoms with Crippen LogP contribution in [0.5, 0.6) is 5.75 Å². The minimum Gasteiger partial charge on any atom is -0.508 e. The van der Waals surface area contributed by atoms with E-state index >= 15 is 0 Å². The Morgan fingerprint density at radius 3 is 2.28 bits per heavy atom. The molecule has 1 atom stereocenters. The molecule has 0 aliphatic rings. The fraction of sp³-hybridized carbons (Fsp3) is 0.417. The number of benzene rings is 1. The summed E-state index contributed by atoms with van der Waals surface area (Å²) in [5.41, 5.74) is 0.658. The summed E-state index contributed by atoms with van der Waals surface area (Å²) in [6.45, 7) is 1.63. The Balaban J connectivity index is 2.74. The molecule has 0 spiro atoms. The first-order chi connectivity index (χ1) is 8.20. The maximum atomic E-state index is 12.1. The van der Waals surface area contributed by atoms with Crippen molar-refractivity contribution in [2.24, 2.45) is 0 Å². The van der Waals surface area contributed by atoms with Gasteiger partial charge in [-0.1, -0.05) is 12.1 Å². The van der Waals surface area contributed by atoms with Crippen LogP contribution in [0.15, 0.2) is 24.3 Å². The van der Waals surface area contributed by atoms with Crippen molar-refractivity contribution in [2.45, 2.75) is 25.6 Å². The maximum Gasteiger partial charge on any atom is 0.397 e. The highest BCUT2D eigenvalue weighted by Crippen LogP contribution is 2.25. The fourth-order valence-electron chi connectivity index (χ4n) is 1.49. The Morgan fingerprint density at radius 2 is 1.83 bits per heavy atom. The van der Waals surface area contributed by atoms with E-state index in [1.54, 1.807) is 19.1 Å². The van der Waals surface area contributed by atoms with Crippen molar-refractivity contribution >= 4 is 5.91 Å². The van der Waals surface area contributed by atoms with Crippen LogP contribution in [0.25, 0.3) is 0 Å². The number of phenols is 1. The monoisotopic (exact) mass is 261 g/mol. The quantitative estimate of drug-likeness (QED) is 0.908. The van der Waals surface area contributed by atoms with Gasteiger partial charge in [-0.25, -0.2) is 0 Å². The second kappa shape index (κ2) is 5.29. The number of aromatic hydroxyl groups is 1. The van der Waals surface area contributed by atoms with E-state index < -0.39 is 24.5 Å². The summed E-state index contributed by atoms with van der Waals surface area (Å²) in [5, 5.41) is 9.11. The summed E-state index contributed by atoms with van der Waals surface area (Å²) in [5.74, 6) is -0.918. The number of hydrogen-bond donors (Lipinski definition) is 1. The van der Waals surface area contributed by atoms with Crippen molar-refractivity contribution in [3.8, 4) is 5.75 Å². The maximum absolute atomic E-state index is 12.1. The normalized spacial score (nSPS) is 13.2. The Labute approximate surface area is 103 Å². The molecular formula is C12H14F3NO2. The van der Waals surface area contributed by atoms with Crippen molar-refractivity contribution in [1.29, 1.82) is 0 Å². The summed E-state index contributed by atoms with van der Waals surface area (Å²) in [7, 11) is 1.32. The van der Waals surface area contributed by atoms with Gasteiger partial charge in [0.1, 0.15) is 12.2 Å². The largest absolute Gasteiger partial charge is 0.508 e. The van der Waals surface area contributed by atoms with Crippen LogP contribution >= 0.6 is 0 Å². The first kappa shape index (κ1) is 14.3. The van der Waals surface area contributed by atoms with Gasteiger partial charge in [-0.3, -0.25) is 4.79 Å². The molecule has 6 heteroatoms. The molecule has 1 aromatic rings. The van der Waals surface area contributed by atoms with Gasteiger partial charge in [0.05, 0.1) is 6.04 Å². The molecule has 1 rings (SSSR count). The smallest absolute Gasteiger partial charge is 0.397 e. The van der Waals surface area contributed by atoms with Crippen LogP contribution in [0.3, 0.4) is 0 Å². The fourth-order valence-corrected chi connectivity index (χ4v) is 1.49. The van der Waals surface area contributed by atoms with Gasteiger partial charge in [-0.05, 0) is 24.6 Å². The van der Waals surface area contributed by atoms with Gasteiger partial charge in [0.2, 0.25) is 5.91 Å². The number of amides is 1. The molecular weight excluding hydrogens is 247 g/mol. The Kier molecular flexibility index (Phi) is 4.21. The van der Waals surface area contributed by atoms with E-state index in [1.807, 2.05) is 0 Å². The minimum atomic E-state index is -4.50. The van der Waals surface area contributed by atoms with Crippen LogP contribution in [-0.2, 0) is 4.79 Å². The highest BCUT2D eigenvalue weighted by Gasteiger charge is 2.33. The predicted octanol–water partition coefficient (Wildman–Crippen LogP) is 2.86. The van der Waals surface area contributed by atoms with E-state index in [4.69, 9.17) is 5.11 Å². The van der Waals surface area contributed by atoms with Crippen molar-refractivity contribution < 1.29 is 23.1 Å². The van der Waals surface area contributed by atoms with Gasteiger partial charge in [-0.2, -0.15) is 13.2 Å². The van der Waals surface area contributed by atoms with E-state index in [1.165, 1.54) is 19.2 Å². The summed E-state index contributed by atoms with van der Waals surface area (Å²) >= 11 is 0. The van der Waals surface area contributed by atoms with E-state index in [0.717, 1.165) is 4.90 Å². The molecule has 0 aliphatic carbocycles. The van der Waals surface area contributed by atoms with Gasteiger partial charge >= 0.3 is 6.18 Å². The van der Waals surface area contributed by atoms with Gasteiger partial charge in [0, 0.05) is 7.05 Å². The van der Waals surface area contributed by atoms with Crippen molar-refractivity contribution in [1.82, 2.24) is 4.90 Å². The zero-order valence-electron chi connectivity index (χ0n) is 10.0. The number of nitrogens with zero attached hydrogens (tertiary/aromatic N) is 1. The third-order valence-electron chi connectivity index (χ3n) is 2.70. The number of carbonyl (C=O) groups excluding carboxylic acids is 1. The molecule has 0 fully saturated rings. The summed E-state index contributed by atoms with van der Waals surface area (Å²) in [4.78, 5) is 12.4. The Hall–Kier alpha value is -1.72. The molecule has 0 saturated carbocycles. The zero-order chi connectivity index (χ0) is 13.9. The highest BCUT2D eigenvalue weighted by molar-refractivity contribution is 5.77. The van der Waals surface area contributed by atoms with Gasteiger partial charge in [0.15, 0.2) is 0 Å². The molecule has 0 bridgehead atoms. The first-order valence-electron chi connectivity index (χ1n) is 5.32. The number of carbonyl (C=O) groups is 1. The van der Waals surface area contributed by atoms with Crippen molar-refractivity contribution in [2.75, 3.05) is 7.05 Å². The number of phenolic OH excluding ortho intramolecular Hbond substituents is 1. The second-order valence-corrected chi connectivity index (χ2v) is 4.06. The van der Waals surface area contributed by atoms with Crippen LogP contribution in [0.1, 0.15) is 24.9 Å². The van der Waals surface area contributed by atoms with Crippen LogP contribution in [0.4, 0.5) is 13.2 Å². The molecule has 1 aromatic carbocycles. The Bertz CT molecular complexity index is 414. The topological polar surface area (TPSA) is 40.5 Å². The molecule has 0 saturated heterocycles. The molecule has 0 heterocycles. The highest BCUT2D eigenvalue weighted by atomic mass is 19.4. The molecule has 1 N–H and O–H groups in total. The average molecular weight is 261 g/mol. The summed E-state index contributed by atoms with van der Waals surface area (Å²) in [6.07, 6.45) is -5.97. The molecule has 3 nitrogen and oxygen atoms in total. The van der Waals surface area contributed by atoms with E-state index in [-0.39, 0.29) is 5.75 Å². The minimum absolute atomic E-state index is 0.0650. The zero-order valence-corrected chi connectivity index (χ0v) is 10.0. The van der Waals surface area contributed by atoms with Crippen LogP contribution < -0.4 is 0 Å². The molecule has 0 aliphatic heterocycles. The number of alkyl halides is 3. The molecule has 1 amide bonds.